The molecule has 0 saturated carbocycles. The van der Waals surface area contributed by atoms with Crippen LogP contribution < -0.4 is 5.73 Å². The monoisotopic (exact) mass is 280 g/mol. The Morgan fingerprint density at radius 2 is 2.40 bits per heavy atom. The van der Waals surface area contributed by atoms with Gasteiger partial charge in [-0.3, -0.25) is 4.90 Å². The number of aryl methyl sites for hydroxylation is 1. The van der Waals surface area contributed by atoms with E-state index in [1.807, 2.05) is 0 Å². The normalized spacial score (nSPS) is 28.5. The number of rotatable bonds is 5. The molecule has 1 aromatic rings. The van der Waals surface area contributed by atoms with Crippen LogP contribution in [0, 0.1) is 5.92 Å². The first-order valence-corrected chi connectivity index (χ1v) is 7.64. The standard InChI is InChI=1S/C14H24N4O2/c1-10(7-15)4-5-13-16-14(17-20-13)12-8-18-6-2-3-11(18)9-19-12/h10-12H,2-9,15H2,1H3. The van der Waals surface area contributed by atoms with E-state index in [1.165, 1.54) is 19.4 Å². The van der Waals surface area contributed by atoms with Gasteiger partial charge in [-0.25, -0.2) is 0 Å². The molecule has 0 amide bonds. The van der Waals surface area contributed by atoms with Crippen LogP contribution in [0.3, 0.4) is 0 Å². The van der Waals surface area contributed by atoms with E-state index in [2.05, 4.69) is 22.0 Å². The lowest BCUT2D eigenvalue weighted by Gasteiger charge is -2.33. The summed E-state index contributed by atoms with van der Waals surface area (Å²) in [5.74, 6) is 1.89. The largest absolute Gasteiger partial charge is 0.367 e. The van der Waals surface area contributed by atoms with Gasteiger partial charge in [-0.05, 0) is 38.3 Å². The minimum absolute atomic E-state index is 0.0335. The average Bonchev–Trinajstić information content (AvgIpc) is 3.12. The molecule has 0 aromatic carbocycles. The zero-order valence-corrected chi connectivity index (χ0v) is 12.1. The van der Waals surface area contributed by atoms with E-state index in [9.17, 15) is 0 Å². The molecule has 1 aromatic heterocycles. The molecular formula is C14H24N4O2. The number of nitrogens with zero attached hydrogens (tertiary/aromatic N) is 3. The predicted octanol–water partition coefficient (Wildman–Crippen LogP) is 1.13. The molecule has 0 radical (unpaired) electrons. The Bertz CT molecular complexity index is 437. The second-order valence-corrected chi connectivity index (χ2v) is 6.04. The number of fused-ring (bicyclic) bond motifs is 1. The maximum atomic E-state index is 5.89. The molecule has 0 spiro atoms. The molecule has 20 heavy (non-hydrogen) atoms. The SMILES string of the molecule is CC(CN)CCc1nc(C2CN3CCCC3CO2)no1. The van der Waals surface area contributed by atoms with Crippen LogP contribution in [0.4, 0.5) is 0 Å². The van der Waals surface area contributed by atoms with Crippen molar-refractivity contribution >= 4 is 0 Å². The van der Waals surface area contributed by atoms with E-state index in [0.29, 0.717) is 30.2 Å². The lowest BCUT2D eigenvalue weighted by Crippen LogP contribution is -2.42. The topological polar surface area (TPSA) is 77.4 Å². The number of hydrogen-bond acceptors (Lipinski definition) is 6. The van der Waals surface area contributed by atoms with Gasteiger partial charge in [0.2, 0.25) is 11.7 Å². The maximum Gasteiger partial charge on any atom is 0.226 e. The minimum atomic E-state index is -0.0335. The lowest BCUT2D eigenvalue weighted by atomic mass is 10.1. The first-order valence-electron chi connectivity index (χ1n) is 7.64. The van der Waals surface area contributed by atoms with Gasteiger partial charge in [0.05, 0.1) is 6.61 Å². The molecule has 0 aliphatic carbocycles. The number of aromatic nitrogens is 2. The van der Waals surface area contributed by atoms with Crippen molar-refractivity contribution < 1.29 is 9.26 Å². The minimum Gasteiger partial charge on any atom is -0.367 e. The fourth-order valence-electron chi connectivity index (χ4n) is 2.96. The summed E-state index contributed by atoms with van der Waals surface area (Å²) in [6, 6.07) is 0.600. The molecule has 3 rings (SSSR count). The van der Waals surface area contributed by atoms with E-state index < -0.39 is 0 Å². The summed E-state index contributed by atoms with van der Waals surface area (Å²) in [7, 11) is 0. The van der Waals surface area contributed by atoms with Crippen molar-refractivity contribution in [1.82, 2.24) is 15.0 Å². The van der Waals surface area contributed by atoms with E-state index in [0.717, 1.165) is 26.0 Å². The Kier molecular flexibility index (Phi) is 4.33. The van der Waals surface area contributed by atoms with E-state index in [4.69, 9.17) is 15.0 Å². The molecule has 6 nitrogen and oxygen atoms in total. The van der Waals surface area contributed by atoms with Crippen molar-refractivity contribution in [3.63, 3.8) is 0 Å². The molecule has 2 aliphatic rings. The van der Waals surface area contributed by atoms with Gasteiger partial charge in [-0.2, -0.15) is 4.98 Å². The van der Waals surface area contributed by atoms with E-state index >= 15 is 0 Å². The van der Waals surface area contributed by atoms with Crippen molar-refractivity contribution in [2.75, 3.05) is 26.2 Å². The quantitative estimate of drug-likeness (QED) is 0.871. The Hall–Kier alpha value is -0.980. The van der Waals surface area contributed by atoms with E-state index in [-0.39, 0.29) is 6.10 Å². The van der Waals surface area contributed by atoms with Crippen molar-refractivity contribution in [2.24, 2.45) is 11.7 Å². The highest BCUT2D eigenvalue weighted by Crippen LogP contribution is 2.28. The summed E-state index contributed by atoms with van der Waals surface area (Å²) in [5.41, 5.74) is 5.62. The van der Waals surface area contributed by atoms with Crippen molar-refractivity contribution in [2.45, 2.75) is 44.8 Å². The third-order valence-corrected chi connectivity index (χ3v) is 4.41. The second-order valence-electron chi connectivity index (χ2n) is 6.04. The number of hydrogen-bond donors (Lipinski definition) is 1. The summed E-state index contributed by atoms with van der Waals surface area (Å²) >= 11 is 0. The zero-order valence-electron chi connectivity index (χ0n) is 12.1. The molecule has 112 valence electrons. The highest BCUT2D eigenvalue weighted by Gasteiger charge is 2.34. The van der Waals surface area contributed by atoms with Gasteiger partial charge in [-0.1, -0.05) is 12.1 Å². The van der Waals surface area contributed by atoms with Crippen LogP contribution >= 0.6 is 0 Å². The van der Waals surface area contributed by atoms with Crippen LogP contribution in [-0.4, -0.2) is 47.3 Å². The second kappa shape index (κ2) is 6.20. The van der Waals surface area contributed by atoms with Crippen LogP contribution in [-0.2, 0) is 11.2 Å². The first-order chi connectivity index (χ1) is 9.76. The van der Waals surface area contributed by atoms with Gasteiger partial charge in [0.1, 0.15) is 6.10 Å². The molecule has 2 fully saturated rings. The van der Waals surface area contributed by atoms with Crippen molar-refractivity contribution in [3.8, 4) is 0 Å². The molecule has 3 heterocycles. The summed E-state index contributed by atoms with van der Waals surface area (Å²) in [5, 5.41) is 4.09. The molecule has 0 bridgehead atoms. The van der Waals surface area contributed by atoms with Gasteiger partial charge in [-0.15, -0.1) is 0 Å². The third-order valence-electron chi connectivity index (χ3n) is 4.41. The number of morpholine rings is 1. The summed E-state index contributed by atoms with van der Waals surface area (Å²) in [6.45, 7) is 5.68. The van der Waals surface area contributed by atoms with Crippen molar-refractivity contribution in [1.29, 1.82) is 0 Å². The molecule has 2 aliphatic heterocycles. The summed E-state index contributed by atoms with van der Waals surface area (Å²) in [4.78, 5) is 6.97. The predicted molar refractivity (Wildman–Crippen MR) is 74.1 cm³/mol. The van der Waals surface area contributed by atoms with Gasteiger partial charge < -0.3 is 15.0 Å². The Balaban J connectivity index is 1.56. The summed E-state index contributed by atoms with van der Waals surface area (Å²) < 4.78 is 11.2. The highest BCUT2D eigenvalue weighted by molar-refractivity contribution is 4.97. The van der Waals surface area contributed by atoms with Crippen LogP contribution in [0.2, 0.25) is 0 Å². The van der Waals surface area contributed by atoms with E-state index in [1.54, 1.807) is 0 Å². The van der Waals surface area contributed by atoms with Gasteiger partial charge in [0.25, 0.3) is 0 Å². The smallest absolute Gasteiger partial charge is 0.226 e. The van der Waals surface area contributed by atoms with Gasteiger partial charge >= 0.3 is 0 Å². The lowest BCUT2D eigenvalue weighted by molar-refractivity contribution is -0.0548. The molecule has 3 atom stereocenters. The molecule has 3 unspecified atom stereocenters. The van der Waals surface area contributed by atoms with Crippen LogP contribution in [0.25, 0.3) is 0 Å². The Morgan fingerprint density at radius 1 is 1.50 bits per heavy atom. The van der Waals surface area contributed by atoms with Crippen LogP contribution in [0.5, 0.6) is 0 Å². The Labute approximate surface area is 119 Å². The summed E-state index contributed by atoms with van der Waals surface area (Å²) in [6.07, 6.45) is 4.27. The van der Waals surface area contributed by atoms with Crippen LogP contribution in [0.1, 0.15) is 44.0 Å². The fourth-order valence-corrected chi connectivity index (χ4v) is 2.96. The van der Waals surface area contributed by atoms with Crippen molar-refractivity contribution in [3.05, 3.63) is 11.7 Å². The fraction of sp³-hybridized carbons (Fsp3) is 0.857. The van der Waals surface area contributed by atoms with Gasteiger partial charge in [0, 0.05) is 19.0 Å². The van der Waals surface area contributed by atoms with Gasteiger partial charge in [0.15, 0.2) is 0 Å². The Morgan fingerprint density at radius 3 is 3.25 bits per heavy atom. The third kappa shape index (κ3) is 3.02. The molecule has 2 N–H and O–H groups in total. The molecular weight excluding hydrogens is 256 g/mol. The number of ether oxygens (including phenoxy) is 1. The van der Waals surface area contributed by atoms with Crippen LogP contribution in [0.15, 0.2) is 4.52 Å². The molecule has 2 saturated heterocycles. The zero-order chi connectivity index (χ0) is 13.9. The average molecular weight is 280 g/mol. The first kappa shape index (κ1) is 14.0. The highest BCUT2D eigenvalue weighted by atomic mass is 16.5. The number of nitrogens with two attached hydrogens (primary N) is 1. The molecule has 6 heteroatoms. The maximum absolute atomic E-state index is 5.89.